The molecule has 1 aromatic carbocycles. The topological polar surface area (TPSA) is 26.0 Å². The summed E-state index contributed by atoms with van der Waals surface area (Å²) < 4.78 is 0. The molecule has 0 saturated heterocycles. The second kappa shape index (κ2) is 6.82. The van der Waals surface area contributed by atoms with Crippen LogP contribution in [0.1, 0.15) is 57.4 Å². The summed E-state index contributed by atoms with van der Waals surface area (Å²) in [4.78, 5) is 0. The summed E-state index contributed by atoms with van der Waals surface area (Å²) in [5.74, 6) is 1.96. The molecule has 1 heteroatoms. The Morgan fingerprint density at radius 2 is 1.61 bits per heavy atom. The molecule has 0 atom stereocenters. The zero-order valence-electron chi connectivity index (χ0n) is 11.7. The summed E-state index contributed by atoms with van der Waals surface area (Å²) in [6, 6.07) is 8.32. The van der Waals surface area contributed by atoms with Gasteiger partial charge < -0.3 is 5.73 Å². The predicted molar refractivity (Wildman–Crippen MR) is 79.5 cm³/mol. The van der Waals surface area contributed by atoms with Gasteiger partial charge in [-0.2, -0.15) is 0 Å². The predicted octanol–water partition coefficient (Wildman–Crippen LogP) is 4.81. The van der Waals surface area contributed by atoms with E-state index in [1.54, 1.807) is 0 Å². The minimum Gasteiger partial charge on any atom is -0.399 e. The normalized spacial score (nSPS) is 24.1. The first-order valence-electron chi connectivity index (χ1n) is 7.63. The number of hydrogen-bond acceptors (Lipinski definition) is 1. The number of nitrogen functional groups attached to an aromatic ring is 1. The van der Waals surface area contributed by atoms with Crippen molar-refractivity contribution in [3.05, 3.63) is 29.8 Å². The number of rotatable bonds is 5. The molecule has 0 aromatic heterocycles. The molecular weight excluding hydrogens is 218 g/mol. The largest absolute Gasteiger partial charge is 0.399 e. The Kier molecular flexibility index (Phi) is 5.10. The fourth-order valence-corrected chi connectivity index (χ4v) is 3.34. The molecule has 1 aliphatic carbocycles. The maximum atomic E-state index is 6.00. The van der Waals surface area contributed by atoms with Gasteiger partial charge in [-0.3, -0.25) is 0 Å². The van der Waals surface area contributed by atoms with Gasteiger partial charge in [0.25, 0.3) is 0 Å². The van der Waals surface area contributed by atoms with Gasteiger partial charge in [-0.1, -0.05) is 63.6 Å². The first-order chi connectivity index (χ1) is 8.79. The second-order valence-corrected chi connectivity index (χ2v) is 5.91. The van der Waals surface area contributed by atoms with Gasteiger partial charge in [-0.25, -0.2) is 0 Å². The van der Waals surface area contributed by atoms with E-state index >= 15 is 0 Å². The lowest BCUT2D eigenvalue weighted by atomic mass is 9.78. The van der Waals surface area contributed by atoms with Crippen LogP contribution in [0, 0.1) is 11.8 Å². The zero-order valence-corrected chi connectivity index (χ0v) is 11.7. The maximum absolute atomic E-state index is 6.00. The SMILES string of the molecule is CCCC1CCC(CCc2ccccc2N)CC1. The van der Waals surface area contributed by atoms with Gasteiger partial charge in [0.2, 0.25) is 0 Å². The smallest absolute Gasteiger partial charge is 0.0346 e. The Labute approximate surface area is 112 Å². The van der Waals surface area contributed by atoms with E-state index in [0.717, 1.165) is 23.9 Å². The number of aryl methyl sites for hydroxylation is 1. The van der Waals surface area contributed by atoms with Crippen LogP contribution < -0.4 is 5.73 Å². The fraction of sp³-hybridized carbons (Fsp3) is 0.647. The highest BCUT2D eigenvalue weighted by Gasteiger charge is 2.20. The van der Waals surface area contributed by atoms with E-state index in [4.69, 9.17) is 5.73 Å². The first kappa shape index (κ1) is 13.5. The van der Waals surface area contributed by atoms with Gasteiger partial charge in [0.1, 0.15) is 0 Å². The van der Waals surface area contributed by atoms with Crippen LogP contribution in [-0.2, 0) is 6.42 Å². The van der Waals surface area contributed by atoms with Crippen LogP contribution in [0.5, 0.6) is 0 Å². The number of para-hydroxylation sites is 1. The Morgan fingerprint density at radius 3 is 2.22 bits per heavy atom. The van der Waals surface area contributed by atoms with E-state index in [9.17, 15) is 0 Å². The average molecular weight is 245 g/mol. The molecule has 0 aliphatic heterocycles. The van der Waals surface area contributed by atoms with Crippen LogP contribution in [0.2, 0.25) is 0 Å². The molecule has 1 nitrogen and oxygen atoms in total. The van der Waals surface area contributed by atoms with Crippen molar-refractivity contribution in [1.29, 1.82) is 0 Å². The lowest BCUT2D eigenvalue weighted by Gasteiger charge is -2.28. The van der Waals surface area contributed by atoms with E-state index in [1.165, 1.54) is 50.5 Å². The summed E-state index contributed by atoms with van der Waals surface area (Å²) in [7, 11) is 0. The van der Waals surface area contributed by atoms with Crippen molar-refractivity contribution in [2.24, 2.45) is 11.8 Å². The van der Waals surface area contributed by atoms with Gasteiger partial charge in [-0.05, 0) is 36.3 Å². The minimum absolute atomic E-state index is 0.942. The first-order valence-corrected chi connectivity index (χ1v) is 7.63. The molecule has 0 unspecified atom stereocenters. The van der Waals surface area contributed by atoms with Crippen molar-refractivity contribution in [1.82, 2.24) is 0 Å². The Morgan fingerprint density at radius 1 is 1.00 bits per heavy atom. The minimum atomic E-state index is 0.942. The second-order valence-electron chi connectivity index (χ2n) is 5.91. The van der Waals surface area contributed by atoms with E-state index in [2.05, 4.69) is 19.1 Å². The summed E-state index contributed by atoms with van der Waals surface area (Å²) in [6.07, 6.45) is 11.1. The molecule has 1 saturated carbocycles. The Balaban J connectivity index is 1.74. The third-order valence-electron chi connectivity index (χ3n) is 4.54. The molecule has 0 heterocycles. The van der Waals surface area contributed by atoms with Crippen molar-refractivity contribution in [3.63, 3.8) is 0 Å². The van der Waals surface area contributed by atoms with Gasteiger partial charge >= 0.3 is 0 Å². The van der Waals surface area contributed by atoms with E-state index in [1.807, 2.05) is 12.1 Å². The monoisotopic (exact) mass is 245 g/mol. The highest BCUT2D eigenvalue weighted by Crippen LogP contribution is 2.34. The van der Waals surface area contributed by atoms with Crippen LogP contribution in [0.3, 0.4) is 0 Å². The molecule has 0 spiro atoms. The molecular formula is C17H27N. The van der Waals surface area contributed by atoms with Crippen LogP contribution in [0.15, 0.2) is 24.3 Å². The molecule has 2 N–H and O–H groups in total. The fourth-order valence-electron chi connectivity index (χ4n) is 3.34. The van der Waals surface area contributed by atoms with Crippen LogP contribution in [0.25, 0.3) is 0 Å². The molecule has 1 aliphatic rings. The molecule has 0 radical (unpaired) electrons. The molecule has 1 aromatic rings. The van der Waals surface area contributed by atoms with Gasteiger partial charge in [-0.15, -0.1) is 0 Å². The quantitative estimate of drug-likeness (QED) is 0.740. The van der Waals surface area contributed by atoms with Crippen LogP contribution in [-0.4, -0.2) is 0 Å². The standard InChI is InChI=1S/C17H27N/c1-2-5-14-8-10-15(11-9-14)12-13-16-6-3-4-7-17(16)18/h3-4,6-7,14-15H,2,5,8-13,18H2,1H3. The molecule has 18 heavy (non-hydrogen) atoms. The number of nitrogens with two attached hydrogens (primary N) is 1. The van der Waals surface area contributed by atoms with E-state index in [0.29, 0.717) is 0 Å². The van der Waals surface area contributed by atoms with Gasteiger partial charge in [0, 0.05) is 5.69 Å². The van der Waals surface area contributed by atoms with Crippen molar-refractivity contribution < 1.29 is 0 Å². The van der Waals surface area contributed by atoms with Crippen molar-refractivity contribution in [3.8, 4) is 0 Å². The third-order valence-corrected chi connectivity index (χ3v) is 4.54. The number of hydrogen-bond donors (Lipinski definition) is 1. The zero-order chi connectivity index (χ0) is 12.8. The Bertz CT molecular complexity index is 350. The molecule has 0 bridgehead atoms. The van der Waals surface area contributed by atoms with Crippen LogP contribution in [0.4, 0.5) is 5.69 Å². The number of anilines is 1. The molecule has 100 valence electrons. The lowest BCUT2D eigenvalue weighted by Crippen LogP contribution is -2.15. The summed E-state index contributed by atoms with van der Waals surface area (Å²) in [5.41, 5.74) is 8.31. The van der Waals surface area contributed by atoms with Gasteiger partial charge in [0.05, 0.1) is 0 Å². The van der Waals surface area contributed by atoms with E-state index in [-0.39, 0.29) is 0 Å². The van der Waals surface area contributed by atoms with Crippen molar-refractivity contribution in [2.75, 3.05) is 5.73 Å². The van der Waals surface area contributed by atoms with Crippen molar-refractivity contribution >= 4 is 5.69 Å². The summed E-state index contributed by atoms with van der Waals surface area (Å²) >= 11 is 0. The maximum Gasteiger partial charge on any atom is 0.0346 e. The molecule has 1 fully saturated rings. The number of benzene rings is 1. The van der Waals surface area contributed by atoms with E-state index < -0.39 is 0 Å². The Hall–Kier alpha value is -0.980. The average Bonchev–Trinajstić information content (AvgIpc) is 2.40. The van der Waals surface area contributed by atoms with Crippen LogP contribution >= 0.6 is 0 Å². The lowest BCUT2D eigenvalue weighted by molar-refractivity contribution is 0.252. The van der Waals surface area contributed by atoms with Gasteiger partial charge in [0.15, 0.2) is 0 Å². The molecule has 0 amide bonds. The highest BCUT2D eigenvalue weighted by molar-refractivity contribution is 5.46. The highest BCUT2D eigenvalue weighted by atomic mass is 14.6. The summed E-state index contributed by atoms with van der Waals surface area (Å²) in [5, 5.41) is 0. The third kappa shape index (κ3) is 3.76. The van der Waals surface area contributed by atoms with Crippen molar-refractivity contribution in [2.45, 2.75) is 58.3 Å². The summed E-state index contributed by atoms with van der Waals surface area (Å²) in [6.45, 7) is 2.31. The molecule has 2 rings (SSSR count).